The molecule has 4 heteroatoms. The van der Waals surface area contributed by atoms with Crippen molar-refractivity contribution in [2.75, 3.05) is 13.1 Å². The van der Waals surface area contributed by atoms with Crippen LogP contribution in [-0.2, 0) is 5.41 Å². The number of halogens is 1. The Bertz CT molecular complexity index is 437. The van der Waals surface area contributed by atoms with Crippen molar-refractivity contribution < 1.29 is 0 Å². The number of hydrogen-bond acceptors (Lipinski definition) is 3. The molecule has 0 radical (unpaired) electrons. The summed E-state index contributed by atoms with van der Waals surface area (Å²) in [4.78, 5) is 4.41. The molecule has 98 valence electrons. The van der Waals surface area contributed by atoms with Gasteiger partial charge in [-0.05, 0) is 24.6 Å². The zero-order valence-electron chi connectivity index (χ0n) is 11.1. The summed E-state index contributed by atoms with van der Waals surface area (Å²) < 4.78 is 1.12. The van der Waals surface area contributed by atoms with E-state index in [-0.39, 0.29) is 5.41 Å². The van der Waals surface area contributed by atoms with E-state index in [4.69, 9.17) is 0 Å². The van der Waals surface area contributed by atoms with Crippen LogP contribution in [0.5, 0.6) is 0 Å². The van der Waals surface area contributed by atoms with Crippen molar-refractivity contribution in [2.24, 2.45) is 4.99 Å². The van der Waals surface area contributed by atoms with Gasteiger partial charge in [0.1, 0.15) is 0 Å². The van der Waals surface area contributed by atoms with Crippen molar-refractivity contribution >= 4 is 21.9 Å². The van der Waals surface area contributed by atoms with Crippen LogP contribution in [0.25, 0.3) is 0 Å². The number of nitrogens with one attached hydrogen (secondary N) is 2. The standard InChI is InChI=1S/C14H20BrN3/c1-10-8-16-13(18-10)17-9-14(2,3)11-4-6-12(15)7-5-11/h4-7,10H,8-9H2,1-3H3,(H2,16,17,18). The van der Waals surface area contributed by atoms with Crippen LogP contribution in [-0.4, -0.2) is 25.1 Å². The maximum Gasteiger partial charge on any atom is 0.191 e. The monoisotopic (exact) mass is 309 g/mol. The fraction of sp³-hybridized carbons (Fsp3) is 0.500. The van der Waals surface area contributed by atoms with Crippen LogP contribution in [0.15, 0.2) is 33.7 Å². The Morgan fingerprint density at radius 2 is 2.06 bits per heavy atom. The molecule has 0 saturated heterocycles. The third-order valence-corrected chi connectivity index (χ3v) is 3.76. The van der Waals surface area contributed by atoms with Crippen LogP contribution in [0.2, 0.25) is 0 Å². The average Bonchev–Trinajstić information content (AvgIpc) is 2.73. The third-order valence-electron chi connectivity index (χ3n) is 3.23. The average molecular weight is 310 g/mol. The second kappa shape index (κ2) is 5.31. The normalized spacial score (nSPS) is 19.3. The molecule has 1 aliphatic rings. The summed E-state index contributed by atoms with van der Waals surface area (Å²) in [7, 11) is 0. The van der Waals surface area contributed by atoms with Crippen LogP contribution in [0.3, 0.4) is 0 Å². The van der Waals surface area contributed by atoms with Crippen molar-refractivity contribution in [1.29, 1.82) is 0 Å². The van der Waals surface area contributed by atoms with E-state index in [0.717, 1.165) is 23.5 Å². The van der Waals surface area contributed by atoms with Gasteiger partial charge in [-0.3, -0.25) is 4.99 Å². The quantitative estimate of drug-likeness (QED) is 0.900. The molecule has 0 amide bonds. The maximum absolute atomic E-state index is 4.41. The molecule has 1 aliphatic heterocycles. The number of benzene rings is 1. The van der Waals surface area contributed by atoms with E-state index < -0.39 is 0 Å². The van der Waals surface area contributed by atoms with Gasteiger partial charge in [0, 0.05) is 22.5 Å². The molecule has 0 fully saturated rings. The van der Waals surface area contributed by atoms with E-state index >= 15 is 0 Å². The molecule has 2 rings (SSSR count). The van der Waals surface area contributed by atoms with Crippen molar-refractivity contribution in [2.45, 2.75) is 32.2 Å². The summed E-state index contributed by atoms with van der Waals surface area (Å²) in [5, 5.41) is 6.71. The second-order valence-electron chi connectivity index (χ2n) is 5.48. The minimum Gasteiger partial charge on any atom is -0.356 e. The summed E-state index contributed by atoms with van der Waals surface area (Å²) in [6, 6.07) is 8.95. The topological polar surface area (TPSA) is 36.4 Å². The van der Waals surface area contributed by atoms with Gasteiger partial charge in [0.2, 0.25) is 0 Å². The highest BCUT2D eigenvalue weighted by molar-refractivity contribution is 9.10. The van der Waals surface area contributed by atoms with E-state index in [2.05, 4.69) is 76.6 Å². The first-order valence-corrected chi connectivity index (χ1v) is 7.07. The first kappa shape index (κ1) is 13.4. The van der Waals surface area contributed by atoms with Gasteiger partial charge >= 0.3 is 0 Å². The molecule has 3 nitrogen and oxygen atoms in total. The second-order valence-corrected chi connectivity index (χ2v) is 6.39. The number of hydrogen-bond donors (Lipinski definition) is 2. The van der Waals surface area contributed by atoms with E-state index in [1.807, 2.05) is 0 Å². The zero-order valence-corrected chi connectivity index (χ0v) is 12.7. The van der Waals surface area contributed by atoms with E-state index in [1.54, 1.807) is 0 Å². The van der Waals surface area contributed by atoms with Gasteiger partial charge in [0.05, 0.1) is 6.54 Å². The molecule has 18 heavy (non-hydrogen) atoms. The lowest BCUT2D eigenvalue weighted by molar-refractivity contribution is 0.509. The largest absolute Gasteiger partial charge is 0.356 e. The summed E-state index contributed by atoms with van der Waals surface area (Å²) in [5.74, 6) is 0.924. The van der Waals surface area contributed by atoms with Crippen molar-refractivity contribution in [3.8, 4) is 0 Å². The zero-order chi connectivity index (χ0) is 13.2. The molecule has 0 bridgehead atoms. The Morgan fingerprint density at radius 1 is 1.39 bits per heavy atom. The lowest BCUT2D eigenvalue weighted by Crippen LogP contribution is -2.43. The summed E-state index contributed by atoms with van der Waals surface area (Å²) >= 11 is 3.47. The van der Waals surface area contributed by atoms with Gasteiger partial charge in [-0.15, -0.1) is 0 Å². The Kier molecular flexibility index (Phi) is 3.95. The molecule has 0 saturated carbocycles. The Hall–Kier alpha value is -1.03. The molecular formula is C14H20BrN3. The number of rotatable bonds is 3. The summed E-state index contributed by atoms with van der Waals surface area (Å²) in [6.07, 6.45) is 0. The minimum atomic E-state index is 0.0801. The molecule has 1 heterocycles. The molecule has 0 aromatic heterocycles. The first-order valence-electron chi connectivity index (χ1n) is 6.28. The SMILES string of the molecule is CC1CN=C(NCC(C)(C)c2ccc(Br)cc2)N1. The van der Waals surface area contributed by atoms with Crippen molar-refractivity contribution in [3.05, 3.63) is 34.3 Å². The number of nitrogens with zero attached hydrogens (tertiary/aromatic N) is 1. The third kappa shape index (κ3) is 3.25. The molecule has 0 aliphatic carbocycles. The van der Waals surface area contributed by atoms with Crippen LogP contribution in [0.1, 0.15) is 26.3 Å². The number of guanidine groups is 1. The van der Waals surface area contributed by atoms with Crippen molar-refractivity contribution in [1.82, 2.24) is 10.6 Å². The van der Waals surface area contributed by atoms with Crippen LogP contribution in [0.4, 0.5) is 0 Å². The predicted octanol–water partition coefficient (Wildman–Crippen LogP) is 2.66. The highest BCUT2D eigenvalue weighted by Crippen LogP contribution is 2.24. The fourth-order valence-electron chi connectivity index (χ4n) is 1.97. The van der Waals surface area contributed by atoms with Crippen LogP contribution in [0, 0.1) is 0 Å². The van der Waals surface area contributed by atoms with E-state index in [0.29, 0.717) is 6.04 Å². The van der Waals surface area contributed by atoms with Crippen molar-refractivity contribution in [3.63, 3.8) is 0 Å². The molecule has 1 aromatic rings. The van der Waals surface area contributed by atoms with Gasteiger partial charge in [0.15, 0.2) is 5.96 Å². The van der Waals surface area contributed by atoms with Gasteiger partial charge in [-0.25, -0.2) is 0 Å². The summed E-state index contributed by atoms with van der Waals surface area (Å²) in [6.45, 7) is 8.34. The predicted molar refractivity (Wildman–Crippen MR) is 80.1 cm³/mol. The fourth-order valence-corrected chi connectivity index (χ4v) is 2.23. The molecule has 1 unspecified atom stereocenters. The summed E-state index contributed by atoms with van der Waals surface area (Å²) in [5.41, 5.74) is 1.40. The Labute approximate surface area is 117 Å². The van der Waals surface area contributed by atoms with Crippen LogP contribution < -0.4 is 10.6 Å². The highest BCUT2D eigenvalue weighted by Gasteiger charge is 2.22. The van der Waals surface area contributed by atoms with E-state index in [9.17, 15) is 0 Å². The highest BCUT2D eigenvalue weighted by atomic mass is 79.9. The lowest BCUT2D eigenvalue weighted by Gasteiger charge is -2.26. The molecule has 1 aromatic carbocycles. The lowest BCUT2D eigenvalue weighted by atomic mass is 9.85. The van der Waals surface area contributed by atoms with Gasteiger partial charge in [-0.2, -0.15) is 0 Å². The van der Waals surface area contributed by atoms with Gasteiger partial charge in [-0.1, -0.05) is 41.9 Å². The van der Waals surface area contributed by atoms with E-state index in [1.165, 1.54) is 5.56 Å². The van der Waals surface area contributed by atoms with Gasteiger partial charge in [0.25, 0.3) is 0 Å². The molecular weight excluding hydrogens is 290 g/mol. The van der Waals surface area contributed by atoms with Gasteiger partial charge < -0.3 is 10.6 Å². The van der Waals surface area contributed by atoms with Crippen LogP contribution >= 0.6 is 15.9 Å². The molecule has 0 spiro atoms. The minimum absolute atomic E-state index is 0.0801. The molecule has 1 atom stereocenters. The Balaban J connectivity index is 1.97. The smallest absolute Gasteiger partial charge is 0.191 e. The first-order chi connectivity index (χ1) is 8.47. The molecule has 2 N–H and O–H groups in total. The Morgan fingerprint density at radius 3 is 2.61 bits per heavy atom. The number of aliphatic imine (C=N–C) groups is 1. The maximum atomic E-state index is 4.41.